The highest BCUT2D eigenvalue weighted by Gasteiger charge is 2.30. The van der Waals surface area contributed by atoms with Crippen molar-refractivity contribution in [2.45, 2.75) is 39.0 Å². The minimum absolute atomic E-state index is 0.119. The van der Waals surface area contributed by atoms with E-state index < -0.39 is 0 Å². The number of carbonyl (C=O) groups is 1. The lowest BCUT2D eigenvalue weighted by atomic mass is 10.0. The van der Waals surface area contributed by atoms with Gasteiger partial charge in [-0.05, 0) is 37.6 Å². The van der Waals surface area contributed by atoms with E-state index in [0.717, 1.165) is 22.4 Å². The molecule has 208 valence electrons. The third kappa shape index (κ3) is 4.69. The van der Waals surface area contributed by atoms with Gasteiger partial charge in [0.2, 0.25) is 5.95 Å². The zero-order valence-corrected chi connectivity index (χ0v) is 24.1. The van der Waals surface area contributed by atoms with Gasteiger partial charge in [0.05, 0.1) is 54.1 Å². The average Bonchev–Trinajstić information content (AvgIpc) is 3.45. The van der Waals surface area contributed by atoms with Crippen molar-refractivity contribution in [2.24, 2.45) is 7.05 Å². The van der Waals surface area contributed by atoms with E-state index in [2.05, 4.69) is 26.1 Å². The molecule has 2 N–H and O–H groups in total. The van der Waals surface area contributed by atoms with Crippen LogP contribution in [0, 0.1) is 6.92 Å². The van der Waals surface area contributed by atoms with Crippen LogP contribution < -0.4 is 20.5 Å². The number of rotatable bonds is 7. The first-order chi connectivity index (χ1) is 19.2. The summed E-state index contributed by atoms with van der Waals surface area (Å²) < 4.78 is 11.6. The minimum atomic E-state index is -0.353. The van der Waals surface area contributed by atoms with Gasteiger partial charge in [-0.2, -0.15) is 5.10 Å². The molecule has 4 aromatic rings. The lowest BCUT2D eigenvalue weighted by Crippen LogP contribution is -2.32. The first-order valence-electron chi connectivity index (χ1n) is 12.9. The molecule has 11 nitrogen and oxygen atoms in total. The van der Waals surface area contributed by atoms with Crippen molar-refractivity contribution in [3.63, 3.8) is 0 Å². The van der Waals surface area contributed by atoms with Crippen molar-refractivity contribution in [3.8, 4) is 0 Å². The van der Waals surface area contributed by atoms with Gasteiger partial charge < -0.3 is 15.0 Å². The topological polar surface area (TPSA) is 119 Å². The predicted molar refractivity (Wildman–Crippen MR) is 156 cm³/mol. The summed E-state index contributed by atoms with van der Waals surface area (Å²) in [4.78, 5) is 37.6. The van der Waals surface area contributed by atoms with E-state index in [1.807, 2.05) is 30.7 Å². The van der Waals surface area contributed by atoms with E-state index in [1.165, 1.54) is 11.9 Å². The van der Waals surface area contributed by atoms with Gasteiger partial charge in [0.1, 0.15) is 5.15 Å². The summed E-state index contributed by atoms with van der Waals surface area (Å²) in [5.74, 6) is 0.229. The van der Waals surface area contributed by atoms with Gasteiger partial charge in [-0.15, -0.1) is 0 Å². The number of carbonyl (C=O) groups excluding carboxylic acids is 1. The molecular formula is C27H29ClN8O3S. The summed E-state index contributed by atoms with van der Waals surface area (Å²) in [7, 11) is 1.76. The number of hydrogen-bond acceptors (Lipinski definition) is 9. The first-order valence-corrected chi connectivity index (χ1v) is 14.5. The second kappa shape index (κ2) is 10.4. The van der Waals surface area contributed by atoms with Crippen LogP contribution in [0.25, 0.3) is 10.9 Å². The molecule has 0 radical (unpaired) electrons. The van der Waals surface area contributed by atoms with Crippen molar-refractivity contribution in [1.29, 1.82) is 0 Å². The molecule has 0 bridgehead atoms. The summed E-state index contributed by atoms with van der Waals surface area (Å²) in [6.07, 6.45) is 3.84. The van der Waals surface area contributed by atoms with E-state index in [-0.39, 0.29) is 28.4 Å². The van der Waals surface area contributed by atoms with E-state index >= 15 is 0 Å². The largest absolute Gasteiger partial charge is 0.377 e. The number of amides is 1. The van der Waals surface area contributed by atoms with Gasteiger partial charge in [-0.3, -0.25) is 23.6 Å². The molecule has 6 rings (SSSR count). The number of nitrogens with zero attached hydrogens (tertiary/aromatic N) is 6. The number of benzene rings is 1. The van der Waals surface area contributed by atoms with Crippen LogP contribution in [0.2, 0.25) is 5.15 Å². The fourth-order valence-electron chi connectivity index (χ4n) is 5.21. The molecule has 0 saturated carbocycles. The Bertz CT molecular complexity index is 1680. The molecule has 2 aliphatic rings. The van der Waals surface area contributed by atoms with E-state index in [1.54, 1.807) is 30.0 Å². The first kappa shape index (κ1) is 26.6. The molecule has 1 atom stereocenters. The quantitative estimate of drug-likeness (QED) is 0.249. The number of nitrogens with one attached hydrogen (secondary N) is 2. The second-order valence-corrected chi connectivity index (χ2v) is 11.2. The number of fused-ring (bicyclic) bond motifs is 2. The third-order valence-corrected chi connectivity index (χ3v) is 7.91. The smallest absolute Gasteiger partial charge is 0.281 e. The van der Waals surface area contributed by atoms with Gasteiger partial charge in [0.25, 0.3) is 11.5 Å². The predicted octanol–water partition coefficient (Wildman–Crippen LogP) is 3.76. The van der Waals surface area contributed by atoms with Crippen molar-refractivity contribution >= 4 is 52.0 Å². The maximum atomic E-state index is 13.6. The molecule has 0 aliphatic carbocycles. The fraction of sp³-hybridized carbons (Fsp3) is 0.370. The van der Waals surface area contributed by atoms with E-state index in [4.69, 9.17) is 26.4 Å². The molecule has 40 heavy (non-hydrogen) atoms. The fourth-order valence-corrected chi connectivity index (χ4v) is 5.64. The summed E-state index contributed by atoms with van der Waals surface area (Å²) in [5.41, 5.74) is 5.11. The average molecular weight is 581 g/mol. The van der Waals surface area contributed by atoms with Crippen molar-refractivity contribution in [3.05, 3.63) is 74.0 Å². The Hall–Kier alpha value is -3.61. The number of aryl methyl sites for hydroxylation is 1. The number of aromatic nitrogens is 5. The van der Waals surface area contributed by atoms with Gasteiger partial charge in [0.15, 0.2) is 5.69 Å². The van der Waals surface area contributed by atoms with Gasteiger partial charge >= 0.3 is 0 Å². The van der Waals surface area contributed by atoms with E-state index in [0.29, 0.717) is 54.9 Å². The summed E-state index contributed by atoms with van der Waals surface area (Å²) in [6, 6.07) is 7.24. The number of anilines is 2. The molecule has 13 heteroatoms. The monoisotopic (exact) mass is 580 g/mol. The lowest BCUT2D eigenvalue weighted by molar-refractivity contribution is -0.0288. The van der Waals surface area contributed by atoms with Crippen LogP contribution >= 0.6 is 23.5 Å². The zero-order valence-electron chi connectivity index (χ0n) is 22.6. The Morgan fingerprint density at radius 3 is 2.73 bits per heavy atom. The Morgan fingerprint density at radius 2 is 2.02 bits per heavy atom. The number of ether oxygens (including phenoxy) is 1. The zero-order chi connectivity index (χ0) is 28.1. The molecule has 2 aliphatic heterocycles. The van der Waals surface area contributed by atoms with Crippen LogP contribution in [0.3, 0.4) is 0 Å². The summed E-state index contributed by atoms with van der Waals surface area (Å²) in [5, 5.41) is 8.93. The maximum absolute atomic E-state index is 13.6. The van der Waals surface area contributed by atoms with Crippen LogP contribution in [0.1, 0.15) is 51.9 Å². The van der Waals surface area contributed by atoms with Crippen LogP contribution in [-0.2, 0) is 24.9 Å². The highest BCUT2D eigenvalue weighted by atomic mass is 35.5. The van der Waals surface area contributed by atoms with Crippen LogP contribution in [-0.4, -0.2) is 49.7 Å². The van der Waals surface area contributed by atoms with Crippen molar-refractivity contribution in [1.82, 2.24) is 29.0 Å². The number of pyridine rings is 1. The molecule has 1 fully saturated rings. The molecular weight excluding hydrogens is 552 g/mol. The SMILES string of the molecule is CSNC(=O)c1nc(Cl)ccc1NC(C)c1cc(C)cc2c(=O)n(C)c(N3Cc4cn(C5COC5)nc4C3)nc12. The lowest BCUT2D eigenvalue weighted by Gasteiger charge is -2.26. The normalized spacial score (nSPS) is 15.7. The highest BCUT2D eigenvalue weighted by molar-refractivity contribution is 7.97. The van der Waals surface area contributed by atoms with Gasteiger partial charge in [0, 0.05) is 37.2 Å². The standard InChI is InChI=1S/C27H29ClN8O3S/c1-14-7-18(15(2)29-20-5-6-22(28)30-24(20)25(37)33-40-4)23-19(8-14)26(38)34(3)27(31-23)35-9-16-10-36(17-12-39-13-17)32-21(16)11-35/h5-8,10,15,17,29H,9,11-13H2,1-4H3,(H,33,37). The minimum Gasteiger partial charge on any atom is -0.377 e. The van der Waals surface area contributed by atoms with Crippen molar-refractivity contribution in [2.75, 3.05) is 29.7 Å². The van der Waals surface area contributed by atoms with Gasteiger partial charge in [-0.1, -0.05) is 29.6 Å². The third-order valence-electron chi connectivity index (χ3n) is 7.31. The van der Waals surface area contributed by atoms with Crippen LogP contribution in [0.5, 0.6) is 0 Å². The second-order valence-electron chi connectivity index (χ2n) is 10.2. The Labute approximate surface area is 240 Å². The molecule has 1 unspecified atom stereocenters. The molecule has 1 saturated heterocycles. The maximum Gasteiger partial charge on any atom is 0.281 e. The highest BCUT2D eigenvalue weighted by Crippen LogP contribution is 2.32. The van der Waals surface area contributed by atoms with Crippen LogP contribution in [0.4, 0.5) is 11.6 Å². The van der Waals surface area contributed by atoms with Gasteiger partial charge in [-0.25, -0.2) is 9.97 Å². The van der Waals surface area contributed by atoms with Crippen LogP contribution in [0.15, 0.2) is 35.3 Å². The molecule has 0 spiro atoms. The Kier molecular flexibility index (Phi) is 6.93. The summed E-state index contributed by atoms with van der Waals surface area (Å²) >= 11 is 7.28. The molecule has 5 heterocycles. The summed E-state index contributed by atoms with van der Waals surface area (Å²) in [6.45, 7) is 6.49. The molecule has 1 amide bonds. The Morgan fingerprint density at radius 1 is 1.23 bits per heavy atom. The van der Waals surface area contributed by atoms with Crippen molar-refractivity contribution < 1.29 is 9.53 Å². The number of hydrogen-bond donors (Lipinski definition) is 2. The Balaban J connectivity index is 1.36. The van der Waals surface area contributed by atoms with E-state index in [9.17, 15) is 9.59 Å². The molecule has 3 aromatic heterocycles. The molecule has 1 aromatic carbocycles. The number of halogens is 1.